The van der Waals surface area contributed by atoms with Crippen molar-refractivity contribution in [3.63, 3.8) is 0 Å². The number of aliphatic hydroxyl groups is 1. The van der Waals surface area contributed by atoms with Gasteiger partial charge in [0.15, 0.2) is 0 Å². The number of benzene rings is 1. The van der Waals surface area contributed by atoms with E-state index in [0.29, 0.717) is 0 Å². The standard InChI is InChI=1S/C19H22N4O/c1-13(12-24)21-19-16-5-4-10-20-18(16)11-17(22-19)14-6-8-15(9-7-14)23(2)3/h4-11,13,24H,12H2,1-3H3,(H,21,22). The summed E-state index contributed by atoms with van der Waals surface area (Å²) in [5.74, 6) is 0.744. The number of nitrogens with one attached hydrogen (secondary N) is 1. The summed E-state index contributed by atoms with van der Waals surface area (Å²) in [5, 5.41) is 13.5. The Bertz CT molecular complexity index is 830. The molecule has 0 aliphatic carbocycles. The smallest absolute Gasteiger partial charge is 0.136 e. The molecule has 2 N–H and O–H groups in total. The zero-order valence-electron chi connectivity index (χ0n) is 14.2. The van der Waals surface area contributed by atoms with Crippen molar-refractivity contribution in [2.45, 2.75) is 13.0 Å². The molecule has 0 amide bonds. The first-order chi connectivity index (χ1) is 11.6. The normalized spacial score (nSPS) is 12.2. The second kappa shape index (κ2) is 6.84. The third-order valence-electron chi connectivity index (χ3n) is 3.94. The average molecular weight is 322 g/mol. The molecule has 0 fully saturated rings. The molecule has 24 heavy (non-hydrogen) atoms. The molecule has 0 bridgehead atoms. The zero-order chi connectivity index (χ0) is 17.1. The number of nitrogens with zero attached hydrogens (tertiary/aromatic N) is 3. The van der Waals surface area contributed by atoms with Crippen LogP contribution in [-0.2, 0) is 0 Å². The number of aromatic nitrogens is 2. The summed E-state index contributed by atoms with van der Waals surface area (Å²) in [6.07, 6.45) is 1.78. The van der Waals surface area contributed by atoms with Crippen molar-refractivity contribution in [2.24, 2.45) is 0 Å². The fraction of sp³-hybridized carbons (Fsp3) is 0.263. The van der Waals surface area contributed by atoms with Crippen molar-refractivity contribution in [1.82, 2.24) is 9.97 Å². The summed E-state index contributed by atoms with van der Waals surface area (Å²) in [6.45, 7) is 1.97. The maximum absolute atomic E-state index is 9.33. The molecule has 3 aromatic rings. The summed E-state index contributed by atoms with van der Waals surface area (Å²) >= 11 is 0. The van der Waals surface area contributed by atoms with Crippen molar-refractivity contribution in [3.05, 3.63) is 48.7 Å². The lowest BCUT2D eigenvalue weighted by molar-refractivity contribution is 0.281. The van der Waals surface area contributed by atoms with Crippen LogP contribution in [0.2, 0.25) is 0 Å². The summed E-state index contributed by atoms with van der Waals surface area (Å²) in [4.78, 5) is 11.3. The van der Waals surface area contributed by atoms with E-state index in [2.05, 4.69) is 39.5 Å². The Morgan fingerprint density at radius 2 is 1.92 bits per heavy atom. The highest BCUT2D eigenvalue weighted by Gasteiger charge is 2.10. The van der Waals surface area contributed by atoms with Crippen LogP contribution in [0, 0.1) is 0 Å². The van der Waals surface area contributed by atoms with Crippen LogP contribution in [0.4, 0.5) is 11.5 Å². The van der Waals surface area contributed by atoms with Crippen LogP contribution in [0.15, 0.2) is 48.7 Å². The highest BCUT2D eigenvalue weighted by Crippen LogP contribution is 2.28. The van der Waals surface area contributed by atoms with Gasteiger partial charge in [0, 0.05) is 43.0 Å². The molecule has 0 aliphatic rings. The van der Waals surface area contributed by atoms with E-state index in [1.54, 1.807) is 6.20 Å². The second-order valence-corrected chi connectivity index (χ2v) is 6.10. The van der Waals surface area contributed by atoms with Gasteiger partial charge in [-0.15, -0.1) is 0 Å². The molecule has 0 radical (unpaired) electrons. The predicted molar refractivity (Wildman–Crippen MR) is 99.5 cm³/mol. The number of rotatable bonds is 5. The fourth-order valence-corrected chi connectivity index (χ4v) is 2.54. The molecule has 1 atom stereocenters. The van der Waals surface area contributed by atoms with Crippen LogP contribution < -0.4 is 10.2 Å². The molecule has 5 heteroatoms. The van der Waals surface area contributed by atoms with Gasteiger partial charge >= 0.3 is 0 Å². The number of hydrogen-bond donors (Lipinski definition) is 2. The van der Waals surface area contributed by atoms with E-state index < -0.39 is 0 Å². The highest BCUT2D eigenvalue weighted by atomic mass is 16.3. The van der Waals surface area contributed by atoms with Gasteiger partial charge in [0.1, 0.15) is 5.82 Å². The highest BCUT2D eigenvalue weighted by molar-refractivity contribution is 5.92. The Balaban J connectivity index is 2.07. The molecule has 0 aliphatic heterocycles. The first-order valence-electron chi connectivity index (χ1n) is 7.99. The quantitative estimate of drug-likeness (QED) is 0.755. The number of hydrogen-bond acceptors (Lipinski definition) is 5. The van der Waals surface area contributed by atoms with E-state index in [-0.39, 0.29) is 12.6 Å². The van der Waals surface area contributed by atoms with Crippen LogP contribution in [0.5, 0.6) is 0 Å². The Morgan fingerprint density at radius 1 is 1.17 bits per heavy atom. The SMILES string of the molecule is CC(CO)Nc1nc(-c2ccc(N(C)C)cc2)cc2ncccc12. The van der Waals surface area contributed by atoms with Gasteiger partial charge in [-0.2, -0.15) is 0 Å². The van der Waals surface area contributed by atoms with Gasteiger partial charge in [-0.05, 0) is 37.3 Å². The first kappa shape index (κ1) is 16.2. The molecule has 2 heterocycles. The average Bonchev–Trinajstić information content (AvgIpc) is 2.61. The van der Waals surface area contributed by atoms with Crippen molar-refractivity contribution >= 4 is 22.4 Å². The number of pyridine rings is 2. The molecular formula is C19H22N4O. The summed E-state index contributed by atoms with van der Waals surface area (Å²) < 4.78 is 0. The molecule has 1 unspecified atom stereocenters. The number of anilines is 2. The van der Waals surface area contributed by atoms with Gasteiger partial charge in [-0.25, -0.2) is 4.98 Å². The van der Waals surface area contributed by atoms with Crippen molar-refractivity contribution in [1.29, 1.82) is 0 Å². The van der Waals surface area contributed by atoms with Crippen molar-refractivity contribution in [2.75, 3.05) is 30.9 Å². The van der Waals surface area contributed by atoms with Crippen LogP contribution in [0.3, 0.4) is 0 Å². The minimum atomic E-state index is -0.0766. The van der Waals surface area contributed by atoms with E-state index in [0.717, 1.165) is 33.7 Å². The maximum Gasteiger partial charge on any atom is 0.136 e. The molecular weight excluding hydrogens is 300 g/mol. The third-order valence-corrected chi connectivity index (χ3v) is 3.94. The van der Waals surface area contributed by atoms with Crippen LogP contribution in [-0.4, -0.2) is 41.8 Å². The second-order valence-electron chi connectivity index (χ2n) is 6.10. The van der Waals surface area contributed by atoms with Gasteiger partial charge in [0.2, 0.25) is 0 Å². The minimum absolute atomic E-state index is 0.0468. The minimum Gasteiger partial charge on any atom is -0.394 e. The Hall–Kier alpha value is -2.66. The number of fused-ring (bicyclic) bond motifs is 1. The molecule has 0 saturated heterocycles. The zero-order valence-corrected chi connectivity index (χ0v) is 14.2. The lowest BCUT2D eigenvalue weighted by Crippen LogP contribution is -2.20. The molecule has 2 aromatic heterocycles. The summed E-state index contributed by atoms with van der Waals surface area (Å²) in [6, 6.07) is 14.1. The van der Waals surface area contributed by atoms with Crippen LogP contribution >= 0.6 is 0 Å². The van der Waals surface area contributed by atoms with Crippen molar-refractivity contribution in [3.8, 4) is 11.3 Å². The molecule has 0 spiro atoms. The Kier molecular flexibility index (Phi) is 4.62. The lowest BCUT2D eigenvalue weighted by atomic mass is 10.1. The Morgan fingerprint density at radius 3 is 2.58 bits per heavy atom. The molecule has 3 rings (SSSR count). The van der Waals surface area contributed by atoms with Gasteiger partial charge in [-0.3, -0.25) is 4.98 Å². The van der Waals surface area contributed by atoms with Crippen molar-refractivity contribution < 1.29 is 5.11 Å². The van der Waals surface area contributed by atoms with Gasteiger partial charge in [0.05, 0.1) is 17.8 Å². The van der Waals surface area contributed by atoms with E-state index in [9.17, 15) is 5.11 Å². The number of aliphatic hydroxyl groups excluding tert-OH is 1. The third kappa shape index (κ3) is 3.31. The van der Waals surface area contributed by atoms with Crippen LogP contribution in [0.25, 0.3) is 22.2 Å². The summed E-state index contributed by atoms with van der Waals surface area (Å²) in [7, 11) is 4.04. The largest absolute Gasteiger partial charge is 0.394 e. The van der Waals surface area contributed by atoms with E-state index >= 15 is 0 Å². The van der Waals surface area contributed by atoms with Gasteiger partial charge in [-0.1, -0.05) is 12.1 Å². The predicted octanol–water partition coefficient (Wildman–Crippen LogP) is 3.16. The lowest BCUT2D eigenvalue weighted by Gasteiger charge is -2.16. The molecule has 124 valence electrons. The van der Waals surface area contributed by atoms with E-state index in [1.165, 1.54) is 0 Å². The van der Waals surface area contributed by atoms with E-state index in [4.69, 9.17) is 4.98 Å². The maximum atomic E-state index is 9.33. The van der Waals surface area contributed by atoms with Crippen LogP contribution in [0.1, 0.15) is 6.92 Å². The first-order valence-corrected chi connectivity index (χ1v) is 7.99. The topological polar surface area (TPSA) is 61.3 Å². The Labute approximate surface area is 142 Å². The molecule has 1 aromatic carbocycles. The molecule has 5 nitrogen and oxygen atoms in total. The van der Waals surface area contributed by atoms with Gasteiger partial charge < -0.3 is 15.3 Å². The summed E-state index contributed by atoms with van der Waals surface area (Å²) in [5.41, 5.74) is 3.92. The van der Waals surface area contributed by atoms with Gasteiger partial charge in [0.25, 0.3) is 0 Å². The monoisotopic (exact) mass is 322 g/mol. The molecule has 0 saturated carbocycles. The fourth-order valence-electron chi connectivity index (χ4n) is 2.54. The van der Waals surface area contributed by atoms with E-state index in [1.807, 2.05) is 39.2 Å².